The predicted molar refractivity (Wildman–Crippen MR) is 215 cm³/mol. The Morgan fingerprint density at radius 1 is 0.421 bits per heavy atom. The molecule has 0 amide bonds. The molecular weight excluding hydrogens is 732 g/mol. The molecule has 0 bridgehead atoms. The van der Waals surface area contributed by atoms with Gasteiger partial charge in [-0.05, 0) is 143 Å². The highest BCUT2D eigenvalue weighted by atomic mass is 16.6. The van der Waals surface area contributed by atoms with Gasteiger partial charge in [-0.2, -0.15) is 0 Å². The summed E-state index contributed by atoms with van der Waals surface area (Å²) in [5.74, 6) is -0.252. The van der Waals surface area contributed by atoms with E-state index in [4.69, 9.17) is 37.9 Å². The van der Waals surface area contributed by atoms with E-state index in [2.05, 4.69) is 0 Å². The first-order chi connectivity index (χ1) is 26.2. The third-order valence-corrected chi connectivity index (χ3v) is 7.31. The molecule has 12 heteroatoms. The lowest BCUT2D eigenvalue weighted by molar-refractivity contribution is -0.158. The molecule has 312 valence electrons. The van der Waals surface area contributed by atoms with E-state index in [1.165, 1.54) is 0 Å². The first-order valence-corrected chi connectivity index (χ1v) is 19.0. The van der Waals surface area contributed by atoms with Crippen molar-refractivity contribution < 1.29 is 57.1 Å². The lowest BCUT2D eigenvalue weighted by Crippen LogP contribution is -2.28. The van der Waals surface area contributed by atoms with E-state index in [0.717, 1.165) is 22.3 Å². The average molecular weight is 793 g/mol. The van der Waals surface area contributed by atoms with E-state index in [9.17, 15) is 19.2 Å². The van der Waals surface area contributed by atoms with Crippen molar-refractivity contribution in [2.24, 2.45) is 0 Å². The van der Waals surface area contributed by atoms with E-state index in [1.54, 1.807) is 107 Å². The second-order valence-electron chi connectivity index (χ2n) is 17.6. The van der Waals surface area contributed by atoms with Crippen LogP contribution < -0.4 is 18.9 Å². The molecule has 0 radical (unpaired) electrons. The summed E-state index contributed by atoms with van der Waals surface area (Å²) in [5, 5.41) is 0. The number of hydrogen-bond acceptors (Lipinski definition) is 12. The highest BCUT2D eigenvalue weighted by Gasteiger charge is 2.24. The molecule has 57 heavy (non-hydrogen) atoms. The number of rotatable bonds is 16. The zero-order chi connectivity index (χ0) is 42.8. The molecule has 3 rings (SSSR count). The van der Waals surface area contributed by atoms with Crippen LogP contribution in [0.1, 0.15) is 111 Å². The second kappa shape index (κ2) is 19.3. The number of carbonyl (C=O) groups excluding carboxylic acids is 4. The van der Waals surface area contributed by atoms with Gasteiger partial charge in [0.05, 0.1) is 0 Å². The summed E-state index contributed by atoms with van der Waals surface area (Å²) in [6, 6.07) is 16.5. The lowest BCUT2D eigenvalue weighted by atomic mass is 9.94. The summed E-state index contributed by atoms with van der Waals surface area (Å²) in [6.45, 7) is 22.0. The molecule has 0 heterocycles. The molecule has 0 aromatic heterocycles. The van der Waals surface area contributed by atoms with Crippen molar-refractivity contribution in [1.82, 2.24) is 0 Å². The molecule has 3 aromatic rings. The normalized spacial score (nSPS) is 11.9. The van der Waals surface area contributed by atoms with Crippen LogP contribution in [0.25, 0.3) is 0 Å². The van der Waals surface area contributed by atoms with Gasteiger partial charge >= 0.3 is 23.9 Å². The molecule has 3 aromatic carbocycles. The standard InChI is InChI=1S/C45H60O12/c1-29-40(52-27-38(48)56-44(8,9)10)32(22-30-14-18-34(19-15-30)50-25-36(46)54-42(2,3)4)24-33(41(29)53-28-39(49)57-45(11,12)13)23-31-16-20-35(21-17-31)51-26-37(47)55-43(5,6)7/h14-21,24H,22-23,25-28H2,1-13H3. The van der Waals surface area contributed by atoms with Gasteiger partial charge in [0.1, 0.15) is 45.4 Å². The molecule has 0 spiro atoms. The smallest absolute Gasteiger partial charge is 0.344 e. The molecule has 0 unspecified atom stereocenters. The van der Waals surface area contributed by atoms with Crippen LogP contribution in [0.2, 0.25) is 0 Å². The van der Waals surface area contributed by atoms with Gasteiger partial charge in [0.25, 0.3) is 0 Å². The summed E-state index contributed by atoms with van der Waals surface area (Å²) >= 11 is 0. The molecule has 0 N–H and O–H groups in total. The van der Waals surface area contributed by atoms with Crippen molar-refractivity contribution in [3.05, 3.63) is 82.4 Å². The topological polar surface area (TPSA) is 142 Å². The van der Waals surface area contributed by atoms with Crippen molar-refractivity contribution in [3.8, 4) is 23.0 Å². The molecule has 0 saturated carbocycles. The molecule has 12 nitrogen and oxygen atoms in total. The summed E-state index contributed by atoms with van der Waals surface area (Å²) < 4.78 is 45.4. The Hall–Kier alpha value is -5.26. The van der Waals surface area contributed by atoms with E-state index in [-0.39, 0.29) is 26.4 Å². The fourth-order valence-corrected chi connectivity index (χ4v) is 5.47. The summed E-state index contributed by atoms with van der Waals surface area (Å²) in [7, 11) is 0. The number of carbonyl (C=O) groups is 4. The highest BCUT2D eigenvalue weighted by molar-refractivity contribution is 5.73. The van der Waals surface area contributed by atoms with Crippen LogP contribution in [0.3, 0.4) is 0 Å². The fourth-order valence-electron chi connectivity index (χ4n) is 5.47. The van der Waals surface area contributed by atoms with Crippen LogP contribution in [0, 0.1) is 6.92 Å². The van der Waals surface area contributed by atoms with Gasteiger partial charge in [0, 0.05) is 18.4 Å². The lowest BCUT2D eigenvalue weighted by Gasteiger charge is -2.23. The maximum absolute atomic E-state index is 12.8. The van der Waals surface area contributed by atoms with Gasteiger partial charge in [-0.1, -0.05) is 24.3 Å². The third-order valence-electron chi connectivity index (χ3n) is 7.31. The second-order valence-corrected chi connectivity index (χ2v) is 17.6. The SMILES string of the molecule is Cc1c(OCC(=O)OC(C)(C)C)c(Cc2ccc(OCC(=O)OC(C)(C)C)cc2)cc(Cc2ccc(OCC(=O)OC(C)(C)C)cc2)c1OCC(=O)OC(C)(C)C. The number of benzene rings is 3. The minimum Gasteiger partial charge on any atom is -0.482 e. The maximum atomic E-state index is 12.8. The minimum atomic E-state index is -0.715. The Morgan fingerprint density at radius 3 is 0.947 bits per heavy atom. The Labute approximate surface area is 337 Å². The van der Waals surface area contributed by atoms with Gasteiger partial charge in [0.15, 0.2) is 26.4 Å². The van der Waals surface area contributed by atoms with Crippen molar-refractivity contribution in [3.63, 3.8) is 0 Å². The number of ether oxygens (including phenoxy) is 8. The largest absolute Gasteiger partial charge is 0.482 e. The molecule has 0 aliphatic rings. The van der Waals surface area contributed by atoms with Crippen molar-refractivity contribution >= 4 is 23.9 Å². The van der Waals surface area contributed by atoms with Crippen LogP contribution in [-0.2, 0) is 51.0 Å². The predicted octanol–water partition coefficient (Wildman–Crippen LogP) is 8.06. The van der Waals surface area contributed by atoms with Crippen LogP contribution in [0.15, 0.2) is 54.6 Å². The van der Waals surface area contributed by atoms with Crippen molar-refractivity contribution in [2.75, 3.05) is 26.4 Å². The Morgan fingerprint density at radius 2 is 0.684 bits per heavy atom. The highest BCUT2D eigenvalue weighted by Crippen LogP contribution is 2.38. The fraction of sp³-hybridized carbons (Fsp3) is 0.511. The van der Waals surface area contributed by atoms with Gasteiger partial charge in [-0.15, -0.1) is 0 Å². The monoisotopic (exact) mass is 792 g/mol. The molecular formula is C45H60O12. The quantitative estimate of drug-likeness (QED) is 0.102. The Bertz CT molecular complexity index is 1700. The van der Waals surface area contributed by atoms with E-state index < -0.39 is 46.3 Å². The van der Waals surface area contributed by atoms with Crippen LogP contribution in [0.5, 0.6) is 23.0 Å². The molecule has 0 aliphatic heterocycles. The summed E-state index contributed by atoms with van der Waals surface area (Å²) in [5.41, 5.74) is 1.17. The zero-order valence-corrected chi connectivity index (χ0v) is 35.8. The van der Waals surface area contributed by atoms with Gasteiger partial charge in [0.2, 0.25) is 0 Å². The van der Waals surface area contributed by atoms with Crippen LogP contribution in [-0.4, -0.2) is 72.7 Å². The van der Waals surface area contributed by atoms with Gasteiger partial charge in [-0.3, -0.25) is 0 Å². The van der Waals surface area contributed by atoms with Crippen molar-refractivity contribution in [1.29, 1.82) is 0 Å². The van der Waals surface area contributed by atoms with E-state index in [1.807, 2.05) is 37.3 Å². The molecule has 0 fully saturated rings. The van der Waals surface area contributed by atoms with Gasteiger partial charge < -0.3 is 37.9 Å². The third kappa shape index (κ3) is 17.6. The Kier molecular flexibility index (Phi) is 15.6. The van der Waals surface area contributed by atoms with Crippen LogP contribution in [0.4, 0.5) is 0 Å². The van der Waals surface area contributed by atoms with E-state index >= 15 is 0 Å². The summed E-state index contributed by atoms with van der Waals surface area (Å²) in [6.07, 6.45) is 0.765. The zero-order valence-electron chi connectivity index (χ0n) is 35.8. The Balaban J connectivity index is 1.99. The first-order valence-electron chi connectivity index (χ1n) is 19.0. The molecule has 0 atom stereocenters. The minimum absolute atomic E-state index is 0.233. The number of hydrogen-bond donors (Lipinski definition) is 0. The average Bonchev–Trinajstić information content (AvgIpc) is 3.04. The maximum Gasteiger partial charge on any atom is 0.344 e. The van der Waals surface area contributed by atoms with E-state index in [0.29, 0.717) is 41.4 Å². The molecule has 0 aliphatic carbocycles. The van der Waals surface area contributed by atoms with Crippen molar-refractivity contribution in [2.45, 2.75) is 125 Å². The number of esters is 4. The first kappa shape index (κ1) is 46.1. The molecule has 0 saturated heterocycles. The summed E-state index contributed by atoms with van der Waals surface area (Å²) in [4.78, 5) is 50.0. The van der Waals surface area contributed by atoms with Gasteiger partial charge in [-0.25, -0.2) is 19.2 Å². The van der Waals surface area contributed by atoms with Crippen LogP contribution >= 0.6 is 0 Å².